The number of carbonyl (C=O) groups excluding carboxylic acids is 1. The standard InChI is InChI=1S/C19H15NO3/c21-17-10-8-16(9-11-17)20-19(22)23-18-12-6-15(7-13-18)14-4-2-1-3-5-14/h1-13,21H,(H,20,22). The van der Waals surface area contributed by atoms with Gasteiger partial charge in [-0.2, -0.15) is 0 Å². The molecule has 0 aromatic heterocycles. The SMILES string of the molecule is O=C(Nc1ccc(O)cc1)Oc1ccc(-c2ccccc2)cc1. The van der Waals surface area contributed by atoms with Gasteiger partial charge in [-0.3, -0.25) is 5.32 Å². The molecule has 2 N–H and O–H groups in total. The molecule has 114 valence electrons. The first-order chi connectivity index (χ1) is 11.2. The smallest absolute Gasteiger partial charge is 0.417 e. The second-order valence-electron chi connectivity index (χ2n) is 4.95. The maximum Gasteiger partial charge on any atom is 0.417 e. The van der Waals surface area contributed by atoms with Crippen LogP contribution in [0.1, 0.15) is 0 Å². The summed E-state index contributed by atoms with van der Waals surface area (Å²) in [5, 5.41) is 11.8. The lowest BCUT2D eigenvalue weighted by atomic mass is 10.1. The quantitative estimate of drug-likeness (QED) is 0.691. The number of anilines is 1. The molecule has 0 aliphatic heterocycles. The van der Waals surface area contributed by atoms with Crippen LogP contribution in [0.3, 0.4) is 0 Å². The number of rotatable bonds is 3. The molecular weight excluding hydrogens is 290 g/mol. The Kier molecular flexibility index (Phi) is 4.25. The number of phenols is 1. The molecule has 3 aromatic carbocycles. The lowest BCUT2D eigenvalue weighted by Crippen LogP contribution is -2.16. The van der Waals surface area contributed by atoms with E-state index in [1.807, 2.05) is 42.5 Å². The number of amides is 1. The zero-order valence-corrected chi connectivity index (χ0v) is 12.3. The molecule has 23 heavy (non-hydrogen) atoms. The second kappa shape index (κ2) is 6.66. The average Bonchev–Trinajstić information content (AvgIpc) is 2.58. The van der Waals surface area contributed by atoms with Crippen LogP contribution in [0, 0.1) is 0 Å². The van der Waals surface area contributed by atoms with Crippen molar-refractivity contribution in [2.45, 2.75) is 0 Å². The number of ether oxygens (including phenoxy) is 1. The van der Waals surface area contributed by atoms with Gasteiger partial charge in [0.15, 0.2) is 0 Å². The molecule has 0 aliphatic rings. The van der Waals surface area contributed by atoms with E-state index in [4.69, 9.17) is 4.74 Å². The molecule has 4 nitrogen and oxygen atoms in total. The summed E-state index contributed by atoms with van der Waals surface area (Å²) < 4.78 is 5.23. The van der Waals surface area contributed by atoms with Gasteiger partial charge >= 0.3 is 6.09 Å². The van der Waals surface area contributed by atoms with E-state index >= 15 is 0 Å². The summed E-state index contributed by atoms with van der Waals surface area (Å²) in [6.07, 6.45) is -0.580. The van der Waals surface area contributed by atoms with Gasteiger partial charge in [-0.15, -0.1) is 0 Å². The Morgan fingerprint density at radius 3 is 2.04 bits per heavy atom. The Morgan fingerprint density at radius 1 is 0.783 bits per heavy atom. The minimum atomic E-state index is -0.580. The van der Waals surface area contributed by atoms with Crippen LogP contribution >= 0.6 is 0 Å². The monoisotopic (exact) mass is 305 g/mol. The summed E-state index contributed by atoms with van der Waals surface area (Å²) in [7, 11) is 0. The van der Waals surface area contributed by atoms with Gasteiger partial charge in [0.05, 0.1) is 0 Å². The first-order valence-corrected chi connectivity index (χ1v) is 7.14. The molecule has 0 bridgehead atoms. The molecule has 4 heteroatoms. The van der Waals surface area contributed by atoms with Crippen molar-refractivity contribution >= 4 is 11.8 Å². The summed E-state index contributed by atoms with van der Waals surface area (Å²) in [6, 6.07) is 23.4. The predicted molar refractivity (Wildman–Crippen MR) is 89.6 cm³/mol. The van der Waals surface area contributed by atoms with E-state index < -0.39 is 6.09 Å². The van der Waals surface area contributed by atoms with E-state index in [0.717, 1.165) is 11.1 Å². The highest BCUT2D eigenvalue weighted by Gasteiger charge is 2.05. The Bertz CT molecular complexity index is 781. The zero-order chi connectivity index (χ0) is 16.1. The van der Waals surface area contributed by atoms with Crippen LogP contribution in [0.2, 0.25) is 0 Å². The maximum absolute atomic E-state index is 11.8. The van der Waals surface area contributed by atoms with Crippen molar-refractivity contribution in [3.05, 3.63) is 78.9 Å². The number of aromatic hydroxyl groups is 1. The van der Waals surface area contributed by atoms with E-state index in [-0.39, 0.29) is 5.75 Å². The summed E-state index contributed by atoms with van der Waals surface area (Å²) in [5.74, 6) is 0.598. The molecule has 0 aliphatic carbocycles. The van der Waals surface area contributed by atoms with Gasteiger partial charge in [0.25, 0.3) is 0 Å². The van der Waals surface area contributed by atoms with Crippen LogP contribution < -0.4 is 10.1 Å². The van der Waals surface area contributed by atoms with E-state index in [9.17, 15) is 9.90 Å². The van der Waals surface area contributed by atoms with Crippen molar-refractivity contribution in [3.8, 4) is 22.6 Å². The van der Waals surface area contributed by atoms with Crippen LogP contribution in [0.5, 0.6) is 11.5 Å². The average molecular weight is 305 g/mol. The molecule has 0 saturated heterocycles. The highest BCUT2D eigenvalue weighted by atomic mass is 16.6. The molecule has 0 unspecified atom stereocenters. The van der Waals surface area contributed by atoms with Crippen LogP contribution in [0.4, 0.5) is 10.5 Å². The van der Waals surface area contributed by atoms with E-state index in [1.165, 1.54) is 12.1 Å². The van der Waals surface area contributed by atoms with Crippen molar-refractivity contribution < 1.29 is 14.6 Å². The third-order valence-electron chi connectivity index (χ3n) is 3.29. The molecule has 3 aromatic rings. The number of hydrogen-bond acceptors (Lipinski definition) is 3. The fraction of sp³-hybridized carbons (Fsp3) is 0. The predicted octanol–water partition coefficient (Wildman–Crippen LogP) is 4.67. The number of carbonyl (C=O) groups is 1. The summed E-state index contributed by atoms with van der Waals surface area (Å²) in [5.41, 5.74) is 2.71. The Balaban J connectivity index is 1.64. The van der Waals surface area contributed by atoms with Crippen molar-refractivity contribution in [1.82, 2.24) is 0 Å². The van der Waals surface area contributed by atoms with Crippen molar-refractivity contribution in [2.75, 3.05) is 5.32 Å². The fourth-order valence-corrected chi connectivity index (χ4v) is 2.14. The van der Waals surface area contributed by atoms with Gasteiger partial charge in [-0.05, 0) is 47.5 Å². The number of hydrogen-bond donors (Lipinski definition) is 2. The summed E-state index contributed by atoms with van der Waals surface area (Å²) in [6.45, 7) is 0. The molecule has 0 spiro atoms. The van der Waals surface area contributed by atoms with Crippen molar-refractivity contribution in [2.24, 2.45) is 0 Å². The number of nitrogens with one attached hydrogen (secondary N) is 1. The molecule has 0 fully saturated rings. The Labute approximate surface area is 134 Å². The molecule has 0 atom stereocenters. The van der Waals surface area contributed by atoms with E-state index in [0.29, 0.717) is 11.4 Å². The van der Waals surface area contributed by atoms with Crippen LogP contribution in [-0.2, 0) is 0 Å². The molecule has 0 saturated carbocycles. The summed E-state index contributed by atoms with van der Waals surface area (Å²) in [4.78, 5) is 11.8. The first-order valence-electron chi connectivity index (χ1n) is 7.14. The minimum absolute atomic E-state index is 0.139. The third-order valence-corrected chi connectivity index (χ3v) is 3.29. The lowest BCUT2D eigenvalue weighted by molar-refractivity contribution is 0.215. The topological polar surface area (TPSA) is 58.6 Å². The van der Waals surface area contributed by atoms with Crippen molar-refractivity contribution in [1.29, 1.82) is 0 Å². The Hall–Kier alpha value is -3.27. The fourth-order valence-electron chi connectivity index (χ4n) is 2.14. The van der Waals surface area contributed by atoms with Gasteiger partial charge in [0, 0.05) is 5.69 Å². The van der Waals surface area contributed by atoms with Gasteiger partial charge in [0.2, 0.25) is 0 Å². The van der Waals surface area contributed by atoms with Crippen LogP contribution in [0.15, 0.2) is 78.9 Å². The molecule has 0 radical (unpaired) electrons. The molecule has 0 heterocycles. The summed E-state index contributed by atoms with van der Waals surface area (Å²) >= 11 is 0. The van der Waals surface area contributed by atoms with Gasteiger partial charge < -0.3 is 9.84 Å². The van der Waals surface area contributed by atoms with Gasteiger partial charge in [0.1, 0.15) is 11.5 Å². The third kappa shape index (κ3) is 3.89. The molecular formula is C19H15NO3. The lowest BCUT2D eigenvalue weighted by Gasteiger charge is -2.07. The normalized spacial score (nSPS) is 10.1. The largest absolute Gasteiger partial charge is 0.508 e. The first kappa shape index (κ1) is 14.7. The molecule has 1 amide bonds. The Morgan fingerprint density at radius 2 is 1.39 bits per heavy atom. The highest BCUT2D eigenvalue weighted by molar-refractivity contribution is 5.86. The number of benzene rings is 3. The highest BCUT2D eigenvalue weighted by Crippen LogP contribution is 2.22. The van der Waals surface area contributed by atoms with E-state index in [2.05, 4.69) is 5.32 Å². The van der Waals surface area contributed by atoms with Crippen LogP contribution in [-0.4, -0.2) is 11.2 Å². The van der Waals surface area contributed by atoms with Gasteiger partial charge in [-0.1, -0.05) is 42.5 Å². The maximum atomic E-state index is 11.8. The number of phenolic OH excluding ortho intramolecular Hbond substituents is 1. The molecule has 3 rings (SSSR count). The van der Waals surface area contributed by atoms with E-state index in [1.54, 1.807) is 24.3 Å². The van der Waals surface area contributed by atoms with Gasteiger partial charge in [-0.25, -0.2) is 4.79 Å². The van der Waals surface area contributed by atoms with Crippen molar-refractivity contribution in [3.63, 3.8) is 0 Å². The zero-order valence-electron chi connectivity index (χ0n) is 12.3. The minimum Gasteiger partial charge on any atom is -0.508 e. The van der Waals surface area contributed by atoms with Crippen LogP contribution in [0.25, 0.3) is 11.1 Å². The second-order valence-corrected chi connectivity index (χ2v) is 4.95.